The summed E-state index contributed by atoms with van der Waals surface area (Å²) >= 11 is 0. The van der Waals surface area contributed by atoms with Gasteiger partial charge < -0.3 is 15.7 Å². The Morgan fingerprint density at radius 1 is 1.00 bits per heavy atom. The number of amides is 1. The Balaban J connectivity index is 2.03. The number of benzene rings is 2. The summed E-state index contributed by atoms with van der Waals surface area (Å²) in [7, 11) is 1.74. The van der Waals surface area contributed by atoms with Crippen LogP contribution in [-0.2, 0) is 11.3 Å². The quantitative estimate of drug-likeness (QED) is 0.499. The number of hydrogen-bond acceptors (Lipinski definition) is 4. The van der Waals surface area contributed by atoms with Gasteiger partial charge >= 0.3 is 0 Å². The number of carbonyl (C=O) groups is 2. The van der Waals surface area contributed by atoms with Crippen LogP contribution < -0.4 is 5.73 Å². The molecule has 5 heteroatoms. The molecule has 0 aliphatic rings. The smallest absolute Gasteiger partial charge is 0.236 e. The summed E-state index contributed by atoms with van der Waals surface area (Å²) in [5.74, 6) is 0.0393. The monoisotopic (exact) mass is 368 g/mol. The van der Waals surface area contributed by atoms with Crippen LogP contribution in [0.2, 0.25) is 0 Å². The van der Waals surface area contributed by atoms with Crippen LogP contribution in [0.5, 0.6) is 0 Å². The maximum absolute atomic E-state index is 12.2. The minimum atomic E-state index is -0.0951. The van der Waals surface area contributed by atoms with E-state index in [0.29, 0.717) is 18.5 Å². The van der Waals surface area contributed by atoms with Crippen molar-refractivity contribution in [3.63, 3.8) is 0 Å². The van der Waals surface area contributed by atoms with Crippen LogP contribution in [0.15, 0.2) is 48.5 Å². The van der Waals surface area contributed by atoms with Crippen molar-refractivity contribution in [3.05, 3.63) is 59.7 Å². The fourth-order valence-corrected chi connectivity index (χ4v) is 2.93. The highest BCUT2D eigenvalue weighted by molar-refractivity contribution is 5.96. The van der Waals surface area contributed by atoms with Crippen LogP contribution in [0.25, 0.3) is 11.1 Å². The van der Waals surface area contributed by atoms with Crippen molar-refractivity contribution in [2.45, 2.75) is 32.2 Å². The predicted octanol–water partition coefficient (Wildman–Crippen LogP) is 3.01. The Kier molecular flexibility index (Phi) is 8.17. The Hall–Kier alpha value is -2.50. The molecule has 0 aliphatic carbocycles. The van der Waals surface area contributed by atoms with Gasteiger partial charge in [0.1, 0.15) is 0 Å². The highest BCUT2D eigenvalue weighted by Crippen LogP contribution is 2.22. The van der Waals surface area contributed by atoms with Crippen molar-refractivity contribution in [2.24, 2.45) is 5.73 Å². The molecule has 5 nitrogen and oxygen atoms in total. The molecule has 2 rings (SSSR count). The van der Waals surface area contributed by atoms with E-state index in [9.17, 15) is 9.59 Å². The standard InChI is InChI=1S/C22H28N2O3/c1-24(22(27)15-23)16-17-6-5-7-20(14-17)18-9-11-19(12-10-18)21(26)8-3-2-4-13-25/h5-7,9-12,14,25H,2-4,8,13,15-16,23H2,1H3. The molecule has 0 unspecified atom stereocenters. The number of Topliss-reactive ketones (excluding diaryl/α,β-unsaturated/α-hetero) is 1. The summed E-state index contributed by atoms with van der Waals surface area (Å²) < 4.78 is 0. The number of nitrogens with zero attached hydrogens (tertiary/aromatic N) is 1. The Morgan fingerprint density at radius 2 is 1.74 bits per heavy atom. The van der Waals surface area contributed by atoms with Crippen molar-refractivity contribution in [3.8, 4) is 11.1 Å². The Bertz CT molecular complexity index is 756. The van der Waals surface area contributed by atoms with Crippen molar-refractivity contribution in [2.75, 3.05) is 20.2 Å². The van der Waals surface area contributed by atoms with E-state index in [1.165, 1.54) is 0 Å². The van der Waals surface area contributed by atoms with Crippen LogP contribution in [0.1, 0.15) is 41.6 Å². The van der Waals surface area contributed by atoms with Gasteiger partial charge in [0.15, 0.2) is 5.78 Å². The SMILES string of the molecule is CN(Cc1cccc(-c2ccc(C(=O)CCCCCO)cc2)c1)C(=O)CN. The maximum atomic E-state index is 12.2. The number of aliphatic hydroxyl groups excluding tert-OH is 1. The van der Waals surface area contributed by atoms with Crippen molar-refractivity contribution >= 4 is 11.7 Å². The van der Waals surface area contributed by atoms with E-state index in [1.807, 2.05) is 48.5 Å². The number of carbonyl (C=O) groups excluding carboxylic acids is 2. The minimum absolute atomic E-state index is 0.00564. The van der Waals surface area contributed by atoms with Gasteiger partial charge in [0.05, 0.1) is 6.54 Å². The van der Waals surface area contributed by atoms with Crippen LogP contribution in [0.3, 0.4) is 0 Å². The molecule has 0 saturated heterocycles. The topological polar surface area (TPSA) is 83.6 Å². The van der Waals surface area contributed by atoms with E-state index in [0.717, 1.165) is 36.0 Å². The molecular weight excluding hydrogens is 340 g/mol. The van der Waals surface area contributed by atoms with E-state index in [1.54, 1.807) is 11.9 Å². The highest BCUT2D eigenvalue weighted by atomic mass is 16.3. The van der Waals surface area contributed by atoms with Crippen molar-refractivity contribution in [1.29, 1.82) is 0 Å². The Labute approximate surface area is 160 Å². The molecule has 0 atom stereocenters. The van der Waals surface area contributed by atoms with Gasteiger partial charge in [-0.15, -0.1) is 0 Å². The van der Waals surface area contributed by atoms with E-state index >= 15 is 0 Å². The molecule has 0 bridgehead atoms. The second kappa shape index (κ2) is 10.6. The van der Waals surface area contributed by atoms with Crippen LogP contribution >= 0.6 is 0 Å². The molecule has 2 aromatic rings. The Morgan fingerprint density at radius 3 is 2.41 bits per heavy atom. The second-order valence-corrected chi connectivity index (χ2v) is 6.69. The first kappa shape index (κ1) is 20.8. The van der Waals surface area contributed by atoms with Crippen molar-refractivity contribution in [1.82, 2.24) is 4.90 Å². The first-order valence-corrected chi connectivity index (χ1v) is 9.32. The molecule has 0 aliphatic heterocycles. The summed E-state index contributed by atoms with van der Waals surface area (Å²) in [5, 5.41) is 8.78. The molecule has 27 heavy (non-hydrogen) atoms. The lowest BCUT2D eigenvalue weighted by molar-refractivity contribution is -0.128. The van der Waals surface area contributed by atoms with E-state index < -0.39 is 0 Å². The lowest BCUT2D eigenvalue weighted by atomic mass is 9.99. The highest BCUT2D eigenvalue weighted by Gasteiger charge is 2.09. The zero-order chi connectivity index (χ0) is 19.6. The molecule has 0 fully saturated rings. The number of likely N-dealkylation sites (N-methyl/N-ethyl adjacent to an activating group) is 1. The summed E-state index contributed by atoms with van der Waals surface area (Å²) in [4.78, 5) is 25.5. The van der Waals surface area contributed by atoms with E-state index in [-0.39, 0.29) is 24.8 Å². The largest absolute Gasteiger partial charge is 0.396 e. The molecule has 1 amide bonds. The number of hydrogen-bond donors (Lipinski definition) is 2. The average Bonchev–Trinajstić information content (AvgIpc) is 2.70. The van der Waals surface area contributed by atoms with Gasteiger partial charge in [-0.1, -0.05) is 48.9 Å². The molecule has 0 heterocycles. The third kappa shape index (κ3) is 6.31. The lowest BCUT2D eigenvalue weighted by Crippen LogP contribution is -2.32. The second-order valence-electron chi connectivity index (χ2n) is 6.69. The van der Waals surface area contributed by atoms with Gasteiger partial charge in [0.2, 0.25) is 5.91 Å². The normalized spacial score (nSPS) is 10.6. The van der Waals surface area contributed by atoms with Crippen LogP contribution in [-0.4, -0.2) is 41.9 Å². The number of unbranched alkanes of at least 4 members (excludes halogenated alkanes) is 2. The zero-order valence-electron chi connectivity index (χ0n) is 15.9. The fourth-order valence-electron chi connectivity index (χ4n) is 2.93. The molecular formula is C22H28N2O3. The molecule has 3 N–H and O–H groups in total. The number of nitrogens with two attached hydrogens (primary N) is 1. The molecule has 0 spiro atoms. The third-order valence-electron chi connectivity index (χ3n) is 4.55. The first-order chi connectivity index (χ1) is 13.0. The lowest BCUT2D eigenvalue weighted by Gasteiger charge is -2.16. The van der Waals surface area contributed by atoms with E-state index in [2.05, 4.69) is 0 Å². The molecule has 2 aromatic carbocycles. The molecule has 0 saturated carbocycles. The van der Waals surface area contributed by atoms with Crippen molar-refractivity contribution < 1.29 is 14.7 Å². The van der Waals surface area contributed by atoms with Gasteiger partial charge in [-0.3, -0.25) is 9.59 Å². The van der Waals surface area contributed by atoms with Crippen LogP contribution in [0.4, 0.5) is 0 Å². The summed E-state index contributed by atoms with van der Waals surface area (Å²) in [6.45, 7) is 0.693. The van der Waals surface area contributed by atoms with E-state index in [4.69, 9.17) is 10.8 Å². The summed E-state index contributed by atoms with van der Waals surface area (Å²) in [6.07, 6.45) is 2.93. The number of aliphatic hydroxyl groups is 1. The minimum Gasteiger partial charge on any atom is -0.396 e. The van der Waals surface area contributed by atoms with Gasteiger partial charge in [-0.05, 0) is 35.6 Å². The van der Waals surface area contributed by atoms with Crippen LogP contribution in [0, 0.1) is 0 Å². The number of ketones is 1. The third-order valence-corrected chi connectivity index (χ3v) is 4.55. The molecule has 0 radical (unpaired) electrons. The maximum Gasteiger partial charge on any atom is 0.236 e. The van der Waals surface area contributed by atoms with Gasteiger partial charge in [0.25, 0.3) is 0 Å². The van der Waals surface area contributed by atoms with Gasteiger partial charge in [-0.25, -0.2) is 0 Å². The molecule has 0 aromatic heterocycles. The zero-order valence-corrected chi connectivity index (χ0v) is 15.9. The predicted molar refractivity (Wildman–Crippen MR) is 107 cm³/mol. The number of rotatable bonds is 10. The first-order valence-electron chi connectivity index (χ1n) is 9.32. The summed E-state index contributed by atoms with van der Waals surface area (Å²) in [5.41, 5.74) is 9.22. The summed E-state index contributed by atoms with van der Waals surface area (Å²) in [6, 6.07) is 15.6. The molecule has 144 valence electrons. The fraction of sp³-hybridized carbons (Fsp3) is 0.364. The van der Waals surface area contributed by atoms with Gasteiger partial charge in [0, 0.05) is 32.2 Å². The van der Waals surface area contributed by atoms with Gasteiger partial charge in [-0.2, -0.15) is 0 Å². The average molecular weight is 368 g/mol.